The summed E-state index contributed by atoms with van der Waals surface area (Å²) in [5.74, 6) is 0.711. The van der Waals surface area contributed by atoms with E-state index in [0.717, 1.165) is 32.0 Å². The summed E-state index contributed by atoms with van der Waals surface area (Å²) >= 11 is 0. The minimum Gasteiger partial charge on any atom is -0.351 e. The van der Waals surface area contributed by atoms with Crippen LogP contribution in [-0.2, 0) is 4.79 Å². The number of likely N-dealkylation sites (tertiary alicyclic amines) is 1. The molecule has 3 N–H and O–H groups in total. The number of hydrogen-bond acceptors (Lipinski definition) is 3. The maximum atomic E-state index is 12.5. The smallest absolute Gasteiger partial charge is 0.227 e. The molecule has 2 aliphatic rings. The van der Waals surface area contributed by atoms with Crippen molar-refractivity contribution in [3.05, 3.63) is 0 Å². The minimum atomic E-state index is -0.368. The number of carbonyl (C=O) groups is 1. The lowest BCUT2D eigenvalue weighted by molar-refractivity contribution is -0.131. The van der Waals surface area contributed by atoms with Gasteiger partial charge in [-0.2, -0.15) is 0 Å². The zero-order chi connectivity index (χ0) is 14.0. The molecule has 1 aliphatic carbocycles. The highest BCUT2D eigenvalue weighted by Crippen LogP contribution is 2.32. The Morgan fingerprint density at radius 1 is 1.24 bits per heavy atom. The van der Waals surface area contributed by atoms with Gasteiger partial charge in [-0.3, -0.25) is 9.69 Å². The number of amides is 1. The van der Waals surface area contributed by atoms with Crippen LogP contribution in [0, 0.1) is 11.3 Å². The molecule has 2 unspecified atom stereocenters. The number of nitrogens with zero attached hydrogens (tertiary/aromatic N) is 1. The first-order valence-electron chi connectivity index (χ1n) is 7.81. The second kappa shape index (κ2) is 8.56. The van der Waals surface area contributed by atoms with Crippen molar-refractivity contribution in [2.45, 2.75) is 58.5 Å². The van der Waals surface area contributed by atoms with Crippen LogP contribution in [-0.4, -0.2) is 42.5 Å². The van der Waals surface area contributed by atoms with Gasteiger partial charge in [0.1, 0.15) is 0 Å². The van der Waals surface area contributed by atoms with Crippen LogP contribution in [0.25, 0.3) is 0 Å². The average molecular weight is 340 g/mol. The van der Waals surface area contributed by atoms with E-state index in [2.05, 4.69) is 31.0 Å². The molecule has 1 aliphatic heterocycles. The fourth-order valence-corrected chi connectivity index (χ4v) is 3.20. The van der Waals surface area contributed by atoms with Crippen molar-refractivity contribution >= 4 is 30.7 Å². The third-order valence-corrected chi connectivity index (χ3v) is 5.25. The lowest BCUT2D eigenvalue weighted by atomic mass is 9.81. The highest BCUT2D eigenvalue weighted by atomic mass is 35.5. The number of nitrogens with one attached hydrogen (secondary N) is 1. The maximum Gasteiger partial charge on any atom is 0.227 e. The van der Waals surface area contributed by atoms with Crippen LogP contribution in [0.3, 0.4) is 0 Å². The van der Waals surface area contributed by atoms with Crippen molar-refractivity contribution in [3.63, 3.8) is 0 Å². The van der Waals surface area contributed by atoms with E-state index in [4.69, 9.17) is 5.73 Å². The van der Waals surface area contributed by atoms with Gasteiger partial charge in [0.05, 0.1) is 5.41 Å². The highest BCUT2D eigenvalue weighted by molar-refractivity contribution is 5.85. The van der Waals surface area contributed by atoms with Crippen molar-refractivity contribution in [1.29, 1.82) is 0 Å². The predicted molar refractivity (Wildman–Crippen MR) is 92.3 cm³/mol. The Labute approximate surface area is 141 Å². The molecule has 0 aromatic heterocycles. The van der Waals surface area contributed by atoms with Gasteiger partial charge in [-0.05, 0) is 31.6 Å². The zero-order valence-electron chi connectivity index (χ0n) is 13.4. The van der Waals surface area contributed by atoms with Gasteiger partial charge in [0.15, 0.2) is 0 Å². The molecule has 0 radical (unpaired) electrons. The van der Waals surface area contributed by atoms with Crippen LogP contribution < -0.4 is 11.1 Å². The van der Waals surface area contributed by atoms with Gasteiger partial charge in [0, 0.05) is 31.7 Å². The summed E-state index contributed by atoms with van der Waals surface area (Å²) in [6.45, 7) is 8.96. The van der Waals surface area contributed by atoms with Gasteiger partial charge in [-0.1, -0.05) is 20.8 Å². The van der Waals surface area contributed by atoms with Crippen LogP contribution in [0.5, 0.6) is 0 Å². The van der Waals surface area contributed by atoms with Crippen LogP contribution in [0.1, 0.15) is 46.5 Å². The Hall–Kier alpha value is -0.0300. The van der Waals surface area contributed by atoms with Gasteiger partial charge in [-0.15, -0.1) is 24.8 Å². The molecule has 2 atom stereocenters. The number of rotatable bonds is 6. The van der Waals surface area contributed by atoms with Gasteiger partial charge in [0.25, 0.3) is 0 Å². The van der Waals surface area contributed by atoms with E-state index < -0.39 is 0 Å². The van der Waals surface area contributed by atoms with Gasteiger partial charge in [0.2, 0.25) is 5.91 Å². The largest absolute Gasteiger partial charge is 0.351 e. The van der Waals surface area contributed by atoms with Crippen LogP contribution in [0.2, 0.25) is 0 Å². The van der Waals surface area contributed by atoms with Crippen LogP contribution in [0.15, 0.2) is 0 Å². The fourth-order valence-electron chi connectivity index (χ4n) is 3.20. The number of carbonyl (C=O) groups excluding carboxylic acids is 1. The molecule has 0 spiro atoms. The molecule has 6 heteroatoms. The Kier molecular flexibility index (Phi) is 8.55. The summed E-state index contributed by atoms with van der Waals surface area (Å²) in [7, 11) is 0. The first kappa shape index (κ1) is 21.0. The zero-order valence-corrected chi connectivity index (χ0v) is 15.1. The van der Waals surface area contributed by atoms with Gasteiger partial charge in [-0.25, -0.2) is 0 Å². The van der Waals surface area contributed by atoms with Crippen molar-refractivity contribution in [1.82, 2.24) is 10.2 Å². The standard InChI is InChI=1S/C15H29N3O.2ClH/c1-4-15(5-2,10-16)14(19)17-13-9-18(8-11(13)3)12-6-7-12;;/h11-13H,4-10,16H2,1-3H3,(H,17,19);2*1H. The predicted octanol–water partition coefficient (Wildman–Crippen LogP) is 2.19. The molecule has 21 heavy (non-hydrogen) atoms. The number of hydrogen-bond donors (Lipinski definition) is 2. The van der Waals surface area contributed by atoms with Gasteiger partial charge >= 0.3 is 0 Å². The summed E-state index contributed by atoms with van der Waals surface area (Å²) in [4.78, 5) is 15.1. The first-order valence-corrected chi connectivity index (χ1v) is 7.81. The van der Waals surface area contributed by atoms with Crippen LogP contribution in [0.4, 0.5) is 0 Å². The molecule has 4 nitrogen and oxygen atoms in total. The summed E-state index contributed by atoms with van der Waals surface area (Å²) in [6.07, 6.45) is 4.31. The van der Waals surface area contributed by atoms with E-state index in [-0.39, 0.29) is 36.1 Å². The highest BCUT2D eigenvalue weighted by Gasteiger charge is 2.41. The number of nitrogens with two attached hydrogens (primary N) is 1. The monoisotopic (exact) mass is 339 g/mol. The fraction of sp³-hybridized carbons (Fsp3) is 0.933. The molecule has 0 bridgehead atoms. The molecule has 126 valence electrons. The molecule has 0 aromatic rings. The molecule has 1 saturated heterocycles. The second-order valence-corrected chi connectivity index (χ2v) is 6.43. The lowest BCUT2D eigenvalue weighted by Crippen LogP contribution is -2.50. The van der Waals surface area contributed by atoms with Gasteiger partial charge < -0.3 is 11.1 Å². The third-order valence-electron chi connectivity index (χ3n) is 5.25. The molecule has 2 fully saturated rings. The SMILES string of the molecule is CCC(CC)(CN)C(=O)NC1CN(C2CC2)CC1C.Cl.Cl. The molecular weight excluding hydrogens is 309 g/mol. The van der Waals surface area contributed by atoms with E-state index in [0.29, 0.717) is 18.5 Å². The Morgan fingerprint density at radius 3 is 2.24 bits per heavy atom. The summed E-state index contributed by atoms with van der Waals surface area (Å²) in [5.41, 5.74) is 5.48. The van der Waals surface area contributed by atoms with E-state index >= 15 is 0 Å². The lowest BCUT2D eigenvalue weighted by Gasteiger charge is -2.31. The van der Waals surface area contributed by atoms with E-state index in [1.807, 2.05) is 0 Å². The normalized spacial score (nSPS) is 25.9. The van der Waals surface area contributed by atoms with Crippen molar-refractivity contribution < 1.29 is 4.79 Å². The second-order valence-electron chi connectivity index (χ2n) is 6.43. The molecule has 2 rings (SSSR count). The molecular formula is C15H31Cl2N3O. The summed E-state index contributed by atoms with van der Waals surface area (Å²) < 4.78 is 0. The molecule has 0 aromatic carbocycles. The minimum absolute atomic E-state index is 0. The molecule has 1 amide bonds. The van der Waals surface area contributed by atoms with Crippen molar-refractivity contribution in [3.8, 4) is 0 Å². The van der Waals surface area contributed by atoms with E-state index in [9.17, 15) is 4.79 Å². The quantitative estimate of drug-likeness (QED) is 0.779. The Balaban J connectivity index is 0.00000200. The van der Waals surface area contributed by atoms with Crippen LogP contribution >= 0.6 is 24.8 Å². The summed E-state index contributed by atoms with van der Waals surface area (Å²) in [5, 5.41) is 3.27. The van der Waals surface area contributed by atoms with E-state index in [1.165, 1.54) is 12.8 Å². The average Bonchev–Trinajstić information content (AvgIpc) is 3.19. The molecule has 1 heterocycles. The first-order chi connectivity index (χ1) is 9.06. The summed E-state index contributed by atoms with van der Waals surface area (Å²) in [6, 6.07) is 1.10. The topological polar surface area (TPSA) is 58.4 Å². The van der Waals surface area contributed by atoms with Crippen molar-refractivity contribution in [2.75, 3.05) is 19.6 Å². The Morgan fingerprint density at radius 2 is 1.81 bits per heavy atom. The van der Waals surface area contributed by atoms with Crippen molar-refractivity contribution in [2.24, 2.45) is 17.1 Å². The molecule has 1 saturated carbocycles. The Bertz CT molecular complexity index is 325. The maximum absolute atomic E-state index is 12.5. The van der Waals surface area contributed by atoms with E-state index in [1.54, 1.807) is 0 Å². The third kappa shape index (κ3) is 4.47. The number of halogens is 2.